The molecule has 0 radical (unpaired) electrons. The van der Waals surface area contributed by atoms with Crippen LogP contribution in [-0.2, 0) is 0 Å². The van der Waals surface area contributed by atoms with Crippen molar-refractivity contribution in [3.05, 3.63) is 17.4 Å². The van der Waals surface area contributed by atoms with Gasteiger partial charge in [0.05, 0.1) is 17.4 Å². The molecule has 4 rings (SSSR count). The van der Waals surface area contributed by atoms with E-state index in [1.54, 1.807) is 12.4 Å². The molecule has 14 heavy (non-hydrogen) atoms. The van der Waals surface area contributed by atoms with E-state index < -0.39 is 0 Å². The standard InChI is InChI=1S/C9H11ClN4/c10-6-3-12-9(13-4-6)14-8-5-1-7(8)11-2-5/h3-5,7-8,11H,1-2H2,(H,12,13,14). The number of aromatic nitrogens is 2. The highest BCUT2D eigenvalue weighted by Gasteiger charge is 2.46. The van der Waals surface area contributed by atoms with E-state index in [-0.39, 0.29) is 0 Å². The van der Waals surface area contributed by atoms with E-state index in [0.29, 0.717) is 23.1 Å². The summed E-state index contributed by atoms with van der Waals surface area (Å²) in [7, 11) is 0. The molecule has 1 saturated carbocycles. The van der Waals surface area contributed by atoms with Crippen LogP contribution in [0.4, 0.5) is 5.95 Å². The molecule has 4 nitrogen and oxygen atoms in total. The van der Waals surface area contributed by atoms with Crippen molar-refractivity contribution in [2.75, 3.05) is 11.9 Å². The third-order valence-electron chi connectivity index (χ3n) is 3.06. The monoisotopic (exact) mass is 210 g/mol. The van der Waals surface area contributed by atoms with Crippen LogP contribution < -0.4 is 10.6 Å². The first kappa shape index (κ1) is 8.44. The molecule has 0 amide bonds. The van der Waals surface area contributed by atoms with E-state index in [2.05, 4.69) is 20.6 Å². The van der Waals surface area contributed by atoms with Gasteiger partial charge in [0.15, 0.2) is 0 Å². The first-order valence-corrected chi connectivity index (χ1v) is 5.18. The van der Waals surface area contributed by atoms with Gasteiger partial charge in [0.25, 0.3) is 0 Å². The first-order valence-electron chi connectivity index (χ1n) is 4.80. The molecule has 1 aromatic rings. The Morgan fingerprint density at radius 3 is 2.79 bits per heavy atom. The van der Waals surface area contributed by atoms with E-state index in [4.69, 9.17) is 11.6 Å². The van der Waals surface area contributed by atoms with Gasteiger partial charge in [-0.05, 0) is 12.3 Å². The fourth-order valence-electron chi connectivity index (χ4n) is 2.23. The van der Waals surface area contributed by atoms with Crippen molar-refractivity contribution in [1.82, 2.24) is 15.3 Å². The SMILES string of the molecule is Clc1cnc(NC2C3CNC2C3)nc1. The maximum absolute atomic E-state index is 5.70. The summed E-state index contributed by atoms with van der Waals surface area (Å²) < 4.78 is 0. The fraction of sp³-hybridized carbons (Fsp3) is 0.556. The predicted octanol–water partition coefficient (Wildman–Crippen LogP) is 0.902. The molecule has 1 aromatic heterocycles. The van der Waals surface area contributed by atoms with Crippen LogP contribution in [-0.4, -0.2) is 28.6 Å². The predicted molar refractivity (Wildman–Crippen MR) is 54.4 cm³/mol. The molecular weight excluding hydrogens is 200 g/mol. The summed E-state index contributed by atoms with van der Waals surface area (Å²) in [5.74, 6) is 1.43. The van der Waals surface area contributed by atoms with Gasteiger partial charge in [-0.3, -0.25) is 0 Å². The minimum atomic E-state index is 0.510. The number of anilines is 1. The van der Waals surface area contributed by atoms with E-state index >= 15 is 0 Å². The minimum absolute atomic E-state index is 0.510. The van der Waals surface area contributed by atoms with E-state index in [9.17, 15) is 0 Å². The zero-order chi connectivity index (χ0) is 9.54. The lowest BCUT2D eigenvalue weighted by Crippen LogP contribution is -2.47. The smallest absolute Gasteiger partial charge is 0.222 e. The zero-order valence-electron chi connectivity index (χ0n) is 7.57. The van der Waals surface area contributed by atoms with Crippen LogP contribution >= 0.6 is 11.6 Å². The van der Waals surface area contributed by atoms with Crippen molar-refractivity contribution in [2.24, 2.45) is 5.92 Å². The van der Waals surface area contributed by atoms with Crippen LogP contribution in [0.1, 0.15) is 6.42 Å². The summed E-state index contributed by atoms with van der Waals surface area (Å²) in [4.78, 5) is 8.23. The zero-order valence-corrected chi connectivity index (χ0v) is 8.33. The molecule has 3 atom stereocenters. The summed E-state index contributed by atoms with van der Waals surface area (Å²) in [6.45, 7) is 1.12. The molecule has 2 N–H and O–H groups in total. The van der Waals surface area contributed by atoms with Gasteiger partial charge < -0.3 is 10.6 Å². The normalized spacial score (nSPS) is 33.9. The quantitative estimate of drug-likeness (QED) is 0.762. The number of fused-ring (bicyclic) bond motifs is 1. The van der Waals surface area contributed by atoms with Gasteiger partial charge in [0.2, 0.25) is 5.95 Å². The molecule has 2 saturated heterocycles. The molecule has 0 aromatic carbocycles. The Hall–Kier alpha value is -0.870. The minimum Gasteiger partial charge on any atom is -0.350 e. The Morgan fingerprint density at radius 2 is 2.21 bits per heavy atom. The summed E-state index contributed by atoms with van der Waals surface area (Å²) >= 11 is 5.70. The highest BCUT2D eigenvalue weighted by Crippen LogP contribution is 2.35. The number of nitrogens with zero attached hydrogens (tertiary/aromatic N) is 2. The van der Waals surface area contributed by atoms with E-state index in [1.807, 2.05) is 0 Å². The van der Waals surface area contributed by atoms with E-state index in [0.717, 1.165) is 12.5 Å². The Labute approximate surface area is 87.1 Å². The summed E-state index contributed by atoms with van der Waals surface area (Å²) in [5.41, 5.74) is 0. The third-order valence-corrected chi connectivity index (χ3v) is 3.25. The Morgan fingerprint density at radius 1 is 1.43 bits per heavy atom. The van der Waals surface area contributed by atoms with Gasteiger partial charge in [0.1, 0.15) is 0 Å². The molecule has 3 unspecified atom stereocenters. The number of rotatable bonds is 2. The molecule has 0 spiro atoms. The largest absolute Gasteiger partial charge is 0.350 e. The molecule has 74 valence electrons. The second-order valence-electron chi connectivity index (χ2n) is 3.91. The van der Waals surface area contributed by atoms with Crippen LogP contribution in [0.5, 0.6) is 0 Å². The van der Waals surface area contributed by atoms with Gasteiger partial charge in [-0.2, -0.15) is 0 Å². The Kier molecular flexibility index (Phi) is 1.85. The lowest BCUT2D eigenvalue weighted by Gasteiger charge is -2.34. The second-order valence-corrected chi connectivity index (χ2v) is 4.34. The molecule has 3 fully saturated rings. The lowest BCUT2D eigenvalue weighted by atomic mass is 9.80. The summed E-state index contributed by atoms with van der Waals surface area (Å²) in [5, 5.41) is 7.33. The molecule has 5 heteroatoms. The van der Waals surface area contributed by atoms with Crippen LogP contribution in [0, 0.1) is 5.92 Å². The third kappa shape index (κ3) is 1.26. The molecular formula is C9H11ClN4. The van der Waals surface area contributed by atoms with Crippen molar-refractivity contribution in [3.63, 3.8) is 0 Å². The lowest BCUT2D eigenvalue weighted by molar-refractivity contribution is 0.325. The van der Waals surface area contributed by atoms with Crippen molar-refractivity contribution in [2.45, 2.75) is 18.5 Å². The average molecular weight is 211 g/mol. The number of hydrogen-bond donors (Lipinski definition) is 2. The van der Waals surface area contributed by atoms with Crippen LogP contribution in [0.3, 0.4) is 0 Å². The molecule has 1 aliphatic carbocycles. The number of nitrogens with one attached hydrogen (secondary N) is 2. The molecule has 3 aliphatic rings. The Balaban J connectivity index is 1.70. The molecule has 3 heterocycles. The first-order chi connectivity index (χ1) is 6.83. The fourth-order valence-corrected chi connectivity index (χ4v) is 2.33. The number of halogens is 1. The van der Waals surface area contributed by atoms with Gasteiger partial charge in [-0.15, -0.1) is 0 Å². The van der Waals surface area contributed by atoms with Gasteiger partial charge in [-0.1, -0.05) is 11.6 Å². The van der Waals surface area contributed by atoms with Crippen LogP contribution in [0.15, 0.2) is 12.4 Å². The highest BCUT2D eigenvalue weighted by atomic mass is 35.5. The van der Waals surface area contributed by atoms with Gasteiger partial charge in [-0.25, -0.2) is 9.97 Å². The molecule has 2 bridgehead atoms. The van der Waals surface area contributed by atoms with Crippen molar-refractivity contribution in [1.29, 1.82) is 0 Å². The van der Waals surface area contributed by atoms with Gasteiger partial charge >= 0.3 is 0 Å². The van der Waals surface area contributed by atoms with Crippen molar-refractivity contribution >= 4 is 17.5 Å². The molecule has 2 aliphatic heterocycles. The highest BCUT2D eigenvalue weighted by molar-refractivity contribution is 6.30. The van der Waals surface area contributed by atoms with Crippen molar-refractivity contribution in [3.8, 4) is 0 Å². The average Bonchev–Trinajstić information content (AvgIpc) is 2.78. The maximum Gasteiger partial charge on any atom is 0.222 e. The Bertz CT molecular complexity index is 325. The topological polar surface area (TPSA) is 49.8 Å². The van der Waals surface area contributed by atoms with Crippen molar-refractivity contribution < 1.29 is 0 Å². The van der Waals surface area contributed by atoms with E-state index in [1.165, 1.54) is 6.42 Å². The van der Waals surface area contributed by atoms with Crippen LogP contribution in [0.25, 0.3) is 0 Å². The second kappa shape index (κ2) is 3.07. The van der Waals surface area contributed by atoms with Gasteiger partial charge in [0, 0.05) is 18.6 Å². The maximum atomic E-state index is 5.70. The summed E-state index contributed by atoms with van der Waals surface area (Å²) in [6, 6.07) is 1.12. The number of hydrogen-bond acceptors (Lipinski definition) is 4. The summed E-state index contributed by atoms with van der Waals surface area (Å²) in [6.07, 6.45) is 4.51. The van der Waals surface area contributed by atoms with Crippen LogP contribution in [0.2, 0.25) is 5.02 Å².